The van der Waals surface area contributed by atoms with Crippen LogP contribution in [0.15, 0.2) is 77.8 Å². The Hall–Kier alpha value is -2.86. The molecule has 0 bridgehead atoms. The molecule has 1 heterocycles. The highest BCUT2D eigenvalue weighted by atomic mass is 35.5. The first kappa shape index (κ1) is 20.4. The van der Waals surface area contributed by atoms with Crippen molar-refractivity contribution in [3.8, 4) is 0 Å². The van der Waals surface area contributed by atoms with Gasteiger partial charge < -0.3 is 9.75 Å². The highest BCUT2D eigenvalue weighted by molar-refractivity contribution is 6.36. The summed E-state index contributed by atoms with van der Waals surface area (Å²) in [6, 6.07) is 21.3. The largest absolute Gasteiger partial charge is 0.459 e. The first-order chi connectivity index (χ1) is 14.5. The predicted octanol–water partition coefficient (Wildman–Crippen LogP) is 4.64. The minimum absolute atomic E-state index is 0.163. The van der Waals surface area contributed by atoms with Crippen molar-refractivity contribution in [2.75, 3.05) is 11.6 Å². The third kappa shape index (κ3) is 4.33. The number of fused-ring (bicyclic) bond motifs is 1. The van der Waals surface area contributed by atoms with Gasteiger partial charge in [-0.15, -0.1) is 0 Å². The molecule has 152 valence electrons. The second kappa shape index (κ2) is 8.88. The van der Waals surface area contributed by atoms with Crippen LogP contribution in [0.3, 0.4) is 0 Å². The van der Waals surface area contributed by atoms with E-state index in [0.29, 0.717) is 32.6 Å². The summed E-state index contributed by atoms with van der Waals surface area (Å²) >= 11 is 12.7. The molecule has 0 aromatic heterocycles. The van der Waals surface area contributed by atoms with Crippen molar-refractivity contribution in [2.24, 2.45) is 10.8 Å². The molecule has 0 amide bonds. The van der Waals surface area contributed by atoms with Crippen molar-refractivity contribution >= 4 is 40.6 Å². The van der Waals surface area contributed by atoms with E-state index >= 15 is 0 Å². The van der Waals surface area contributed by atoms with Gasteiger partial charge in [0.1, 0.15) is 6.61 Å². The molecule has 3 aromatic carbocycles. The molecule has 1 unspecified atom stereocenters. The van der Waals surface area contributed by atoms with Gasteiger partial charge in [-0.1, -0.05) is 71.7 Å². The fourth-order valence-corrected chi connectivity index (χ4v) is 3.72. The quantitative estimate of drug-likeness (QED) is 0.474. The number of halogens is 2. The summed E-state index contributed by atoms with van der Waals surface area (Å²) in [6.45, 7) is 0.326. The summed E-state index contributed by atoms with van der Waals surface area (Å²) in [4.78, 5) is 17.6. The molecule has 0 saturated carbocycles. The van der Waals surface area contributed by atoms with E-state index in [9.17, 15) is 4.79 Å². The molecule has 0 radical (unpaired) electrons. The predicted molar refractivity (Wildman–Crippen MR) is 120 cm³/mol. The summed E-state index contributed by atoms with van der Waals surface area (Å²) in [5.74, 6) is 5.83. The molecule has 30 heavy (non-hydrogen) atoms. The van der Waals surface area contributed by atoms with Crippen LogP contribution in [0, 0.1) is 0 Å². The molecule has 0 spiro atoms. The van der Waals surface area contributed by atoms with Crippen LogP contribution < -0.4 is 10.9 Å². The minimum Gasteiger partial charge on any atom is -0.459 e. The smallest absolute Gasteiger partial charge is 0.333 e. The Bertz CT molecular complexity index is 1100. The van der Waals surface area contributed by atoms with Crippen LogP contribution in [0.4, 0.5) is 5.69 Å². The zero-order valence-corrected chi connectivity index (χ0v) is 17.5. The summed E-state index contributed by atoms with van der Waals surface area (Å²) in [6.07, 6.45) is 0. The fourth-order valence-electron chi connectivity index (χ4n) is 3.32. The standard InChI is InChI=1S/C23H19Cl2N3O2/c24-16-10-11-21-18(12-16)22(17-8-4-5-9-19(17)25)27-20(13-28(21)26)23(29)30-14-15-6-2-1-3-7-15/h1-12,20H,13-14,26H2. The number of benzene rings is 3. The molecule has 2 N–H and O–H groups in total. The topological polar surface area (TPSA) is 67.9 Å². The molecule has 4 rings (SSSR count). The number of aliphatic imine (C=N–C) groups is 1. The Morgan fingerprint density at radius 2 is 1.77 bits per heavy atom. The van der Waals surface area contributed by atoms with Crippen molar-refractivity contribution in [1.82, 2.24) is 0 Å². The van der Waals surface area contributed by atoms with Crippen molar-refractivity contribution in [3.63, 3.8) is 0 Å². The van der Waals surface area contributed by atoms with E-state index in [2.05, 4.69) is 0 Å². The van der Waals surface area contributed by atoms with Crippen LogP contribution in [0.2, 0.25) is 10.0 Å². The van der Waals surface area contributed by atoms with Gasteiger partial charge in [-0.2, -0.15) is 0 Å². The van der Waals surface area contributed by atoms with Crippen LogP contribution in [-0.2, 0) is 16.1 Å². The maximum atomic E-state index is 12.9. The number of nitrogens with zero attached hydrogens (tertiary/aromatic N) is 2. The first-order valence-corrected chi connectivity index (χ1v) is 10.1. The zero-order valence-electron chi connectivity index (χ0n) is 16.0. The lowest BCUT2D eigenvalue weighted by atomic mass is 10.0. The summed E-state index contributed by atoms with van der Waals surface area (Å²) in [7, 11) is 0. The molecular weight excluding hydrogens is 421 g/mol. The molecule has 1 aliphatic rings. The van der Waals surface area contributed by atoms with Gasteiger partial charge in [0.05, 0.1) is 17.9 Å². The first-order valence-electron chi connectivity index (χ1n) is 9.38. The van der Waals surface area contributed by atoms with Gasteiger partial charge in [-0.25, -0.2) is 10.6 Å². The fraction of sp³-hybridized carbons (Fsp3) is 0.130. The van der Waals surface area contributed by atoms with E-state index < -0.39 is 12.0 Å². The molecule has 1 aliphatic heterocycles. The highest BCUT2D eigenvalue weighted by Gasteiger charge is 2.29. The Balaban J connectivity index is 1.72. The maximum absolute atomic E-state index is 12.9. The average molecular weight is 440 g/mol. The number of hydrazine groups is 1. The Kier molecular flexibility index (Phi) is 6.04. The minimum atomic E-state index is -0.823. The zero-order chi connectivity index (χ0) is 21.1. The van der Waals surface area contributed by atoms with Crippen LogP contribution >= 0.6 is 23.2 Å². The van der Waals surface area contributed by atoms with E-state index in [4.69, 9.17) is 38.8 Å². The van der Waals surface area contributed by atoms with Gasteiger partial charge in [0, 0.05) is 21.2 Å². The number of carbonyl (C=O) groups excluding carboxylic acids is 1. The number of hydrogen-bond acceptors (Lipinski definition) is 5. The summed E-state index contributed by atoms with van der Waals surface area (Å²) in [5, 5.41) is 2.55. The van der Waals surface area contributed by atoms with Crippen molar-refractivity contribution < 1.29 is 9.53 Å². The lowest BCUT2D eigenvalue weighted by Gasteiger charge is -2.21. The van der Waals surface area contributed by atoms with Gasteiger partial charge in [-0.05, 0) is 29.8 Å². The molecular formula is C23H19Cl2N3O2. The molecule has 0 aliphatic carbocycles. The Morgan fingerprint density at radius 3 is 2.53 bits per heavy atom. The van der Waals surface area contributed by atoms with Gasteiger partial charge in [-0.3, -0.25) is 4.99 Å². The van der Waals surface area contributed by atoms with Crippen molar-refractivity contribution in [2.45, 2.75) is 12.6 Å². The van der Waals surface area contributed by atoms with Crippen LogP contribution in [0.25, 0.3) is 0 Å². The summed E-state index contributed by atoms with van der Waals surface area (Å²) in [5.41, 5.74) is 3.55. The lowest BCUT2D eigenvalue weighted by Crippen LogP contribution is -2.40. The SMILES string of the molecule is NN1CC(C(=O)OCc2ccccc2)N=C(c2ccccc2Cl)c2cc(Cl)ccc21. The second-order valence-corrected chi connectivity index (χ2v) is 7.72. The maximum Gasteiger partial charge on any atom is 0.333 e. The third-order valence-corrected chi connectivity index (χ3v) is 5.37. The average Bonchev–Trinajstić information content (AvgIpc) is 2.89. The lowest BCUT2D eigenvalue weighted by molar-refractivity contribution is -0.146. The summed E-state index contributed by atoms with van der Waals surface area (Å²) < 4.78 is 5.52. The molecule has 0 saturated heterocycles. The van der Waals surface area contributed by atoms with Crippen LogP contribution in [0.1, 0.15) is 16.7 Å². The number of benzodiazepines with no additional fused rings is 1. The van der Waals surface area contributed by atoms with E-state index in [-0.39, 0.29) is 13.2 Å². The number of carbonyl (C=O) groups is 1. The molecule has 1 atom stereocenters. The number of ether oxygens (including phenoxy) is 1. The van der Waals surface area contributed by atoms with Crippen molar-refractivity contribution in [1.29, 1.82) is 0 Å². The number of anilines is 1. The monoisotopic (exact) mass is 439 g/mol. The van der Waals surface area contributed by atoms with Gasteiger partial charge >= 0.3 is 5.97 Å². The normalized spacial score (nSPS) is 15.8. The molecule has 7 heteroatoms. The molecule has 3 aromatic rings. The van der Waals surface area contributed by atoms with E-state index in [1.54, 1.807) is 18.2 Å². The Labute approximate surface area is 184 Å². The van der Waals surface area contributed by atoms with Gasteiger partial charge in [0.15, 0.2) is 6.04 Å². The van der Waals surface area contributed by atoms with Crippen LogP contribution in [0.5, 0.6) is 0 Å². The molecule has 0 fully saturated rings. The molecule has 5 nitrogen and oxygen atoms in total. The number of hydrogen-bond donors (Lipinski definition) is 1. The van der Waals surface area contributed by atoms with E-state index in [1.165, 1.54) is 5.01 Å². The third-order valence-electron chi connectivity index (χ3n) is 4.80. The second-order valence-electron chi connectivity index (χ2n) is 6.88. The van der Waals surface area contributed by atoms with E-state index in [1.807, 2.05) is 54.6 Å². The van der Waals surface area contributed by atoms with Crippen LogP contribution in [-0.4, -0.2) is 24.3 Å². The highest BCUT2D eigenvalue weighted by Crippen LogP contribution is 2.31. The van der Waals surface area contributed by atoms with Gasteiger partial charge in [0.25, 0.3) is 0 Å². The van der Waals surface area contributed by atoms with Crippen molar-refractivity contribution in [3.05, 3.63) is 99.5 Å². The number of rotatable bonds is 4. The number of esters is 1. The number of nitrogens with two attached hydrogens (primary N) is 1. The van der Waals surface area contributed by atoms with Gasteiger partial charge in [0.2, 0.25) is 0 Å². The van der Waals surface area contributed by atoms with E-state index in [0.717, 1.165) is 5.56 Å². The Morgan fingerprint density at radius 1 is 1.03 bits per heavy atom.